The summed E-state index contributed by atoms with van der Waals surface area (Å²) in [6.07, 6.45) is 3.30. The van der Waals surface area contributed by atoms with Crippen LogP contribution >= 0.6 is 0 Å². The molecule has 0 unspecified atom stereocenters. The summed E-state index contributed by atoms with van der Waals surface area (Å²) < 4.78 is 1.77. The molecule has 1 saturated heterocycles. The summed E-state index contributed by atoms with van der Waals surface area (Å²) in [4.78, 5) is 35.7. The molecule has 0 atom stereocenters. The second kappa shape index (κ2) is 6.27. The van der Waals surface area contributed by atoms with Gasteiger partial charge in [-0.1, -0.05) is 12.1 Å². The normalized spacial score (nSPS) is 15.3. The van der Waals surface area contributed by atoms with Crippen LogP contribution in [-0.2, 0) is 27.3 Å². The molecule has 0 radical (unpaired) electrons. The molecule has 108 valence electrons. The predicted octanol–water partition coefficient (Wildman–Crippen LogP) is -0.894. The zero-order valence-electron chi connectivity index (χ0n) is 11.3. The Bertz CT molecular complexity index is 509. The number of amides is 3. The fraction of sp³-hybridized carbons (Fsp3) is 0.583. The van der Waals surface area contributed by atoms with Crippen molar-refractivity contribution in [2.24, 2.45) is 0 Å². The number of aryl methyl sites for hydroxylation is 2. The van der Waals surface area contributed by atoms with Gasteiger partial charge >= 0.3 is 0 Å². The van der Waals surface area contributed by atoms with Gasteiger partial charge < -0.3 is 4.90 Å². The van der Waals surface area contributed by atoms with E-state index in [1.165, 1.54) is 4.90 Å². The van der Waals surface area contributed by atoms with Crippen molar-refractivity contribution in [2.45, 2.75) is 32.7 Å². The van der Waals surface area contributed by atoms with E-state index in [9.17, 15) is 14.4 Å². The highest BCUT2D eigenvalue weighted by Crippen LogP contribution is 2.06. The van der Waals surface area contributed by atoms with Crippen molar-refractivity contribution >= 4 is 17.7 Å². The van der Waals surface area contributed by atoms with Gasteiger partial charge in [0.25, 0.3) is 0 Å². The average Bonchev–Trinajstić information content (AvgIpc) is 2.83. The summed E-state index contributed by atoms with van der Waals surface area (Å²) in [5.74, 6) is -1.09. The lowest BCUT2D eigenvalue weighted by Crippen LogP contribution is -2.53. The van der Waals surface area contributed by atoms with Crippen molar-refractivity contribution in [1.29, 1.82) is 0 Å². The standard InChI is InChI=1S/C12H17N5O3/c1-2-5-17-9(6-13-15-17)3-4-12(20)16-7-10(18)14-11(19)8-16/h6H,2-5,7-8H2,1H3,(H,14,18,19). The van der Waals surface area contributed by atoms with E-state index < -0.39 is 11.8 Å². The molecule has 8 heteroatoms. The second-order valence-corrected chi connectivity index (χ2v) is 4.67. The second-order valence-electron chi connectivity index (χ2n) is 4.67. The zero-order valence-corrected chi connectivity index (χ0v) is 11.3. The number of hydrogen-bond donors (Lipinski definition) is 1. The zero-order chi connectivity index (χ0) is 14.5. The van der Waals surface area contributed by atoms with Gasteiger partial charge in [-0.2, -0.15) is 0 Å². The minimum absolute atomic E-state index is 0.0585. The summed E-state index contributed by atoms with van der Waals surface area (Å²) >= 11 is 0. The van der Waals surface area contributed by atoms with Crippen molar-refractivity contribution < 1.29 is 14.4 Å². The Kier molecular flexibility index (Phi) is 4.44. The van der Waals surface area contributed by atoms with E-state index in [1.54, 1.807) is 10.9 Å². The molecule has 20 heavy (non-hydrogen) atoms. The number of piperazine rings is 1. The summed E-state index contributed by atoms with van der Waals surface area (Å²) in [6.45, 7) is 2.68. The number of aromatic nitrogens is 3. The van der Waals surface area contributed by atoms with Crippen molar-refractivity contribution in [1.82, 2.24) is 25.2 Å². The van der Waals surface area contributed by atoms with Crippen LogP contribution in [0.3, 0.4) is 0 Å². The third kappa shape index (κ3) is 3.40. The lowest BCUT2D eigenvalue weighted by atomic mass is 10.2. The van der Waals surface area contributed by atoms with Crippen LogP contribution in [0, 0.1) is 0 Å². The first kappa shape index (κ1) is 14.2. The molecule has 1 fully saturated rings. The van der Waals surface area contributed by atoms with Gasteiger partial charge in [-0.25, -0.2) is 4.68 Å². The quantitative estimate of drug-likeness (QED) is 0.705. The Morgan fingerprint density at radius 1 is 1.35 bits per heavy atom. The number of nitrogens with zero attached hydrogens (tertiary/aromatic N) is 4. The van der Waals surface area contributed by atoms with Crippen molar-refractivity contribution in [3.63, 3.8) is 0 Å². The lowest BCUT2D eigenvalue weighted by molar-refractivity contribution is -0.145. The Morgan fingerprint density at radius 3 is 2.70 bits per heavy atom. The highest BCUT2D eigenvalue weighted by Gasteiger charge is 2.26. The fourth-order valence-electron chi connectivity index (χ4n) is 2.08. The van der Waals surface area contributed by atoms with E-state index in [0.29, 0.717) is 6.42 Å². The molecule has 0 spiro atoms. The molecule has 0 saturated carbocycles. The van der Waals surface area contributed by atoms with Gasteiger partial charge in [-0.3, -0.25) is 19.7 Å². The minimum atomic E-state index is -0.438. The molecule has 8 nitrogen and oxygen atoms in total. The SMILES string of the molecule is CCCn1nncc1CCC(=O)N1CC(=O)NC(=O)C1. The molecular weight excluding hydrogens is 262 g/mol. The van der Waals surface area contributed by atoms with E-state index >= 15 is 0 Å². The Labute approximate surface area is 116 Å². The molecule has 1 aromatic rings. The van der Waals surface area contributed by atoms with E-state index in [4.69, 9.17) is 0 Å². The molecule has 0 aromatic carbocycles. The first-order valence-corrected chi connectivity index (χ1v) is 6.58. The van der Waals surface area contributed by atoms with Crippen LogP contribution in [0.1, 0.15) is 25.5 Å². The van der Waals surface area contributed by atoms with Gasteiger partial charge in [0, 0.05) is 13.0 Å². The van der Waals surface area contributed by atoms with Gasteiger partial charge in [0.15, 0.2) is 0 Å². The van der Waals surface area contributed by atoms with Crippen LogP contribution in [0.2, 0.25) is 0 Å². The Morgan fingerprint density at radius 2 is 2.05 bits per heavy atom. The molecule has 3 amide bonds. The Hall–Kier alpha value is -2.25. The number of nitrogens with one attached hydrogen (secondary N) is 1. The van der Waals surface area contributed by atoms with Crippen LogP contribution in [0.25, 0.3) is 0 Å². The van der Waals surface area contributed by atoms with E-state index in [1.807, 2.05) is 6.92 Å². The van der Waals surface area contributed by atoms with Crippen LogP contribution in [0.4, 0.5) is 0 Å². The summed E-state index contributed by atoms with van der Waals surface area (Å²) in [7, 11) is 0. The van der Waals surface area contributed by atoms with Crippen LogP contribution < -0.4 is 5.32 Å². The van der Waals surface area contributed by atoms with E-state index in [0.717, 1.165) is 18.7 Å². The molecule has 2 heterocycles. The topological polar surface area (TPSA) is 97.2 Å². The third-order valence-corrected chi connectivity index (χ3v) is 3.03. The molecule has 1 aromatic heterocycles. The maximum absolute atomic E-state index is 12.0. The van der Waals surface area contributed by atoms with Gasteiger partial charge in [0.2, 0.25) is 17.7 Å². The third-order valence-electron chi connectivity index (χ3n) is 3.03. The number of imide groups is 1. The van der Waals surface area contributed by atoms with Crippen LogP contribution in [-0.4, -0.2) is 50.7 Å². The number of hydrogen-bond acceptors (Lipinski definition) is 5. The maximum atomic E-state index is 12.0. The van der Waals surface area contributed by atoms with Gasteiger partial charge in [0.1, 0.15) is 13.1 Å². The molecular formula is C12H17N5O3. The highest BCUT2D eigenvalue weighted by molar-refractivity contribution is 6.02. The van der Waals surface area contributed by atoms with Gasteiger partial charge in [0.05, 0.1) is 11.9 Å². The first-order valence-electron chi connectivity index (χ1n) is 6.58. The van der Waals surface area contributed by atoms with Gasteiger partial charge in [-0.05, 0) is 12.8 Å². The number of rotatable bonds is 5. The molecule has 1 N–H and O–H groups in total. The largest absolute Gasteiger partial charge is 0.324 e. The van der Waals surface area contributed by atoms with E-state index in [2.05, 4.69) is 15.6 Å². The summed E-state index contributed by atoms with van der Waals surface area (Å²) in [5, 5.41) is 9.93. The van der Waals surface area contributed by atoms with Crippen molar-refractivity contribution in [2.75, 3.05) is 13.1 Å². The van der Waals surface area contributed by atoms with Gasteiger partial charge in [-0.15, -0.1) is 5.10 Å². The average molecular weight is 279 g/mol. The number of carbonyl (C=O) groups excluding carboxylic acids is 3. The fourth-order valence-corrected chi connectivity index (χ4v) is 2.08. The van der Waals surface area contributed by atoms with Crippen molar-refractivity contribution in [3.05, 3.63) is 11.9 Å². The lowest BCUT2D eigenvalue weighted by Gasteiger charge is -2.25. The van der Waals surface area contributed by atoms with E-state index in [-0.39, 0.29) is 25.4 Å². The summed E-state index contributed by atoms with van der Waals surface area (Å²) in [6, 6.07) is 0. The van der Waals surface area contributed by atoms with Crippen LogP contribution in [0.15, 0.2) is 6.20 Å². The van der Waals surface area contributed by atoms with Crippen molar-refractivity contribution in [3.8, 4) is 0 Å². The number of carbonyl (C=O) groups is 3. The first-order chi connectivity index (χ1) is 9.60. The van der Waals surface area contributed by atoms with Crippen LogP contribution in [0.5, 0.6) is 0 Å². The predicted molar refractivity (Wildman–Crippen MR) is 68.4 cm³/mol. The maximum Gasteiger partial charge on any atom is 0.246 e. The Balaban J connectivity index is 1.90. The summed E-state index contributed by atoms with van der Waals surface area (Å²) in [5.41, 5.74) is 0.882. The smallest absolute Gasteiger partial charge is 0.246 e. The molecule has 1 aliphatic heterocycles. The minimum Gasteiger partial charge on any atom is -0.324 e. The molecule has 2 rings (SSSR count). The highest BCUT2D eigenvalue weighted by atomic mass is 16.2. The monoisotopic (exact) mass is 279 g/mol. The molecule has 1 aliphatic rings. The molecule has 0 bridgehead atoms. The molecule has 0 aliphatic carbocycles.